The highest BCUT2D eigenvalue weighted by atomic mass is 35.5. The Bertz CT molecular complexity index is 617. The van der Waals surface area contributed by atoms with Gasteiger partial charge in [0.05, 0.1) is 5.02 Å². The molecule has 1 atom stereocenters. The maximum absolute atomic E-state index is 12.1. The van der Waals surface area contributed by atoms with Crippen LogP contribution in [0.25, 0.3) is 0 Å². The summed E-state index contributed by atoms with van der Waals surface area (Å²) < 4.78 is 26.8. The zero-order valence-electron chi connectivity index (χ0n) is 11.5. The molecule has 1 aromatic rings. The van der Waals surface area contributed by atoms with Crippen LogP contribution in [-0.4, -0.2) is 26.7 Å². The van der Waals surface area contributed by atoms with Crippen molar-refractivity contribution in [2.45, 2.75) is 25.2 Å². The van der Waals surface area contributed by atoms with E-state index >= 15 is 0 Å². The summed E-state index contributed by atoms with van der Waals surface area (Å²) in [7, 11) is -3.61. The van der Waals surface area contributed by atoms with Crippen molar-refractivity contribution in [3.05, 3.63) is 28.8 Å². The summed E-state index contributed by atoms with van der Waals surface area (Å²) >= 11 is 5.99. The molecule has 20 heavy (non-hydrogen) atoms. The van der Waals surface area contributed by atoms with E-state index in [9.17, 15) is 8.42 Å². The first-order chi connectivity index (χ1) is 9.40. The largest absolute Gasteiger partial charge is 0.384 e. The number of halogens is 1. The third-order valence-electron chi connectivity index (χ3n) is 2.85. The molecule has 1 aromatic carbocycles. The molecule has 0 bridgehead atoms. The average Bonchev–Trinajstić information content (AvgIpc) is 2.42. The summed E-state index contributed by atoms with van der Waals surface area (Å²) in [6.07, 6.45) is 0.895. The smallest absolute Gasteiger partial charge is 0.242 e. The molecule has 4 nitrogen and oxygen atoms in total. The standard InChI is InChI=1S/C14H18ClNO3S/c1-3-11(2)10-16-20(18,19)14-7-6-12(5-4-8-17)9-13(14)15/h6-7,9,11,16-17H,3,8,10H2,1-2H3. The molecule has 0 spiro atoms. The van der Waals surface area contributed by atoms with Crippen LogP contribution < -0.4 is 4.72 Å². The monoisotopic (exact) mass is 315 g/mol. The second kappa shape index (κ2) is 7.65. The van der Waals surface area contributed by atoms with E-state index < -0.39 is 10.0 Å². The Morgan fingerprint density at radius 1 is 1.45 bits per heavy atom. The number of nitrogens with one attached hydrogen (secondary N) is 1. The highest BCUT2D eigenvalue weighted by Gasteiger charge is 2.18. The van der Waals surface area contributed by atoms with E-state index in [-0.39, 0.29) is 22.4 Å². The molecule has 0 aliphatic carbocycles. The quantitative estimate of drug-likeness (QED) is 0.817. The Morgan fingerprint density at radius 3 is 2.70 bits per heavy atom. The van der Waals surface area contributed by atoms with Gasteiger partial charge in [0.15, 0.2) is 0 Å². The van der Waals surface area contributed by atoms with Crippen LogP contribution in [0, 0.1) is 17.8 Å². The van der Waals surface area contributed by atoms with Crippen molar-refractivity contribution in [2.24, 2.45) is 5.92 Å². The number of hydrogen-bond acceptors (Lipinski definition) is 3. The molecule has 1 unspecified atom stereocenters. The summed E-state index contributed by atoms with van der Waals surface area (Å²) in [5.41, 5.74) is 0.560. The third-order valence-corrected chi connectivity index (χ3v) is 4.76. The van der Waals surface area contributed by atoms with Crippen molar-refractivity contribution in [1.82, 2.24) is 4.72 Å². The molecule has 6 heteroatoms. The van der Waals surface area contributed by atoms with Crippen LogP contribution in [0.1, 0.15) is 25.8 Å². The van der Waals surface area contributed by atoms with Gasteiger partial charge in [0.1, 0.15) is 11.5 Å². The fraction of sp³-hybridized carbons (Fsp3) is 0.429. The normalized spacial score (nSPS) is 12.6. The van der Waals surface area contributed by atoms with Gasteiger partial charge < -0.3 is 5.11 Å². The topological polar surface area (TPSA) is 66.4 Å². The zero-order chi connectivity index (χ0) is 15.2. The Morgan fingerprint density at radius 2 is 2.15 bits per heavy atom. The van der Waals surface area contributed by atoms with Crippen LogP contribution in [0.3, 0.4) is 0 Å². The van der Waals surface area contributed by atoms with E-state index in [0.29, 0.717) is 12.1 Å². The van der Waals surface area contributed by atoms with Crippen LogP contribution in [0.15, 0.2) is 23.1 Å². The fourth-order valence-electron chi connectivity index (χ4n) is 1.41. The van der Waals surface area contributed by atoms with Crippen molar-refractivity contribution in [3.63, 3.8) is 0 Å². The summed E-state index contributed by atoms with van der Waals surface area (Å²) in [6, 6.07) is 4.46. The second-order valence-electron chi connectivity index (χ2n) is 4.47. The van der Waals surface area contributed by atoms with Crippen molar-refractivity contribution in [1.29, 1.82) is 0 Å². The van der Waals surface area contributed by atoms with E-state index in [1.165, 1.54) is 12.1 Å². The molecule has 0 fully saturated rings. The molecule has 0 heterocycles. The molecule has 2 N–H and O–H groups in total. The van der Waals surface area contributed by atoms with Crippen LogP contribution in [0.2, 0.25) is 5.02 Å². The lowest BCUT2D eigenvalue weighted by molar-refractivity contribution is 0.350. The first kappa shape index (κ1) is 17.0. The Balaban J connectivity index is 2.96. The van der Waals surface area contributed by atoms with Crippen molar-refractivity contribution >= 4 is 21.6 Å². The van der Waals surface area contributed by atoms with Crippen LogP contribution >= 0.6 is 11.6 Å². The lowest BCUT2D eigenvalue weighted by Crippen LogP contribution is -2.28. The number of hydrogen-bond donors (Lipinski definition) is 2. The van der Waals surface area contributed by atoms with Crippen LogP contribution in [0.4, 0.5) is 0 Å². The van der Waals surface area contributed by atoms with Crippen molar-refractivity contribution in [2.75, 3.05) is 13.2 Å². The highest BCUT2D eigenvalue weighted by molar-refractivity contribution is 7.89. The Hall–Kier alpha value is -1.06. The van der Waals surface area contributed by atoms with Gasteiger partial charge in [0.2, 0.25) is 10.0 Å². The second-order valence-corrected chi connectivity index (χ2v) is 6.61. The molecule has 0 aromatic heterocycles. The zero-order valence-corrected chi connectivity index (χ0v) is 13.1. The van der Waals surface area contributed by atoms with Crippen molar-refractivity contribution < 1.29 is 13.5 Å². The Kier molecular flexibility index (Phi) is 6.50. The number of sulfonamides is 1. The summed E-state index contributed by atoms with van der Waals surface area (Å²) in [6.45, 7) is 4.09. The third kappa shape index (κ3) is 4.80. The number of benzene rings is 1. The minimum atomic E-state index is -3.61. The van der Waals surface area contributed by atoms with Gasteiger partial charge in [0.25, 0.3) is 0 Å². The predicted octanol–water partition coefficient (Wildman–Crippen LogP) is 2.01. The van der Waals surface area contributed by atoms with E-state index in [0.717, 1.165) is 6.42 Å². The summed E-state index contributed by atoms with van der Waals surface area (Å²) in [4.78, 5) is 0.0389. The first-order valence-electron chi connectivity index (χ1n) is 6.29. The van der Waals surface area contributed by atoms with Gasteiger partial charge in [-0.1, -0.05) is 43.7 Å². The van der Waals surface area contributed by atoms with Gasteiger partial charge in [0, 0.05) is 12.1 Å². The average molecular weight is 316 g/mol. The molecule has 110 valence electrons. The number of aliphatic hydroxyl groups is 1. The van der Waals surface area contributed by atoms with E-state index in [2.05, 4.69) is 16.6 Å². The molecule has 0 amide bonds. The molecular weight excluding hydrogens is 298 g/mol. The van der Waals surface area contributed by atoms with Gasteiger partial charge in [-0.3, -0.25) is 0 Å². The molecule has 1 rings (SSSR count). The maximum Gasteiger partial charge on any atom is 0.242 e. The number of aliphatic hydroxyl groups excluding tert-OH is 1. The predicted molar refractivity (Wildman–Crippen MR) is 80.1 cm³/mol. The minimum absolute atomic E-state index is 0.0389. The molecule has 0 radical (unpaired) electrons. The van der Waals surface area contributed by atoms with Crippen molar-refractivity contribution in [3.8, 4) is 11.8 Å². The van der Waals surface area contributed by atoms with Gasteiger partial charge in [-0.25, -0.2) is 13.1 Å². The lowest BCUT2D eigenvalue weighted by Gasteiger charge is -2.12. The molecule has 0 saturated carbocycles. The molecular formula is C14H18ClNO3S. The molecule has 0 aliphatic heterocycles. The maximum atomic E-state index is 12.1. The summed E-state index contributed by atoms with van der Waals surface area (Å²) in [5, 5.41) is 8.73. The van der Waals surface area contributed by atoms with Crippen LogP contribution in [-0.2, 0) is 10.0 Å². The summed E-state index contributed by atoms with van der Waals surface area (Å²) in [5.74, 6) is 5.42. The van der Waals surface area contributed by atoms with E-state index in [1.807, 2.05) is 13.8 Å². The van der Waals surface area contributed by atoms with Gasteiger partial charge >= 0.3 is 0 Å². The molecule has 0 saturated heterocycles. The Labute approximate surface area is 125 Å². The highest BCUT2D eigenvalue weighted by Crippen LogP contribution is 2.22. The molecule has 0 aliphatic rings. The SMILES string of the molecule is CCC(C)CNS(=O)(=O)c1ccc(C#CCO)cc1Cl. The minimum Gasteiger partial charge on any atom is -0.384 e. The van der Waals surface area contributed by atoms with Crippen LogP contribution in [0.5, 0.6) is 0 Å². The van der Waals surface area contributed by atoms with Gasteiger partial charge in [-0.15, -0.1) is 0 Å². The van der Waals surface area contributed by atoms with E-state index in [1.54, 1.807) is 6.07 Å². The number of rotatable bonds is 5. The van der Waals surface area contributed by atoms with E-state index in [4.69, 9.17) is 16.7 Å². The van der Waals surface area contributed by atoms with Gasteiger partial charge in [-0.2, -0.15) is 0 Å². The fourth-order valence-corrected chi connectivity index (χ4v) is 3.12. The lowest BCUT2D eigenvalue weighted by atomic mass is 10.1. The van der Waals surface area contributed by atoms with Gasteiger partial charge in [-0.05, 0) is 24.1 Å². The first-order valence-corrected chi connectivity index (χ1v) is 8.15.